The van der Waals surface area contributed by atoms with Crippen LogP contribution in [0, 0.1) is 0 Å². The van der Waals surface area contributed by atoms with Crippen molar-refractivity contribution in [1.29, 1.82) is 0 Å². The average molecular weight is 242 g/mol. The third kappa shape index (κ3) is 1.93. The normalized spacial score (nSPS) is 14.3. The molecule has 1 aliphatic rings. The van der Waals surface area contributed by atoms with E-state index in [4.69, 9.17) is 25.9 Å². The number of hydrogen-bond donors (Lipinski definition) is 0. The van der Waals surface area contributed by atoms with Gasteiger partial charge in [-0.05, 0) is 6.07 Å². The van der Waals surface area contributed by atoms with Gasteiger partial charge >= 0.3 is 0 Å². The maximum Gasteiger partial charge on any atom is 0.141 e. The summed E-state index contributed by atoms with van der Waals surface area (Å²) >= 11 is 6.06. The highest BCUT2D eigenvalue weighted by Gasteiger charge is 2.18. The van der Waals surface area contributed by atoms with Gasteiger partial charge in [-0.15, -0.1) is 0 Å². The molecule has 0 bridgehead atoms. The van der Waals surface area contributed by atoms with Crippen molar-refractivity contribution in [2.45, 2.75) is 6.42 Å². The van der Waals surface area contributed by atoms with Crippen molar-refractivity contribution in [1.82, 2.24) is 0 Å². The molecule has 0 spiro atoms. The minimum Gasteiger partial charge on any atom is -0.496 e. The molecule has 0 unspecified atom stereocenters. The second-order valence-corrected chi connectivity index (χ2v) is 3.72. The van der Waals surface area contributed by atoms with Crippen molar-refractivity contribution in [2.75, 3.05) is 20.8 Å². The summed E-state index contributed by atoms with van der Waals surface area (Å²) < 4.78 is 10.4. The fourth-order valence-electron chi connectivity index (χ4n) is 1.58. The number of benzene rings is 1. The Morgan fingerprint density at radius 3 is 2.56 bits per heavy atom. The van der Waals surface area contributed by atoms with E-state index in [0.717, 1.165) is 17.7 Å². The van der Waals surface area contributed by atoms with Crippen LogP contribution in [0.15, 0.2) is 17.3 Å². The molecule has 0 saturated heterocycles. The van der Waals surface area contributed by atoms with Gasteiger partial charge in [0.05, 0.1) is 25.0 Å². The highest BCUT2D eigenvalue weighted by Crippen LogP contribution is 2.33. The van der Waals surface area contributed by atoms with Gasteiger partial charge < -0.3 is 14.3 Å². The Kier molecular flexibility index (Phi) is 3.19. The number of methoxy groups -OCH3 is 2. The van der Waals surface area contributed by atoms with Crippen molar-refractivity contribution in [2.24, 2.45) is 5.16 Å². The third-order valence-electron chi connectivity index (χ3n) is 2.39. The SMILES string of the molecule is COc1cc(OC)c(C2=NOCC2)cc1Cl. The van der Waals surface area contributed by atoms with E-state index in [0.29, 0.717) is 23.1 Å². The summed E-state index contributed by atoms with van der Waals surface area (Å²) in [5.74, 6) is 1.27. The Morgan fingerprint density at radius 1 is 1.25 bits per heavy atom. The average Bonchev–Trinajstić information content (AvgIpc) is 2.82. The van der Waals surface area contributed by atoms with Crippen molar-refractivity contribution >= 4 is 17.3 Å². The van der Waals surface area contributed by atoms with E-state index in [1.807, 2.05) is 0 Å². The molecule has 0 radical (unpaired) electrons. The van der Waals surface area contributed by atoms with Crippen LogP contribution in [0.1, 0.15) is 12.0 Å². The Hall–Kier alpha value is -1.42. The van der Waals surface area contributed by atoms with Crippen LogP contribution >= 0.6 is 11.6 Å². The third-order valence-corrected chi connectivity index (χ3v) is 2.69. The van der Waals surface area contributed by atoms with E-state index in [1.54, 1.807) is 26.4 Å². The Labute approximate surface area is 98.7 Å². The molecule has 0 saturated carbocycles. The molecule has 0 fully saturated rings. The highest BCUT2D eigenvalue weighted by molar-refractivity contribution is 6.32. The number of halogens is 1. The predicted octanol–water partition coefficient (Wildman–Crippen LogP) is 2.48. The molecule has 2 rings (SSSR count). The van der Waals surface area contributed by atoms with Crippen LogP contribution in [0.3, 0.4) is 0 Å². The van der Waals surface area contributed by atoms with E-state index in [-0.39, 0.29) is 0 Å². The molecule has 4 nitrogen and oxygen atoms in total. The zero-order valence-corrected chi connectivity index (χ0v) is 9.87. The Balaban J connectivity index is 2.47. The smallest absolute Gasteiger partial charge is 0.141 e. The molecule has 5 heteroatoms. The molecule has 0 atom stereocenters. The van der Waals surface area contributed by atoms with Crippen LogP contribution in [-0.4, -0.2) is 26.5 Å². The molecule has 1 aliphatic heterocycles. The first-order valence-electron chi connectivity index (χ1n) is 4.87. The second-order valence-electron chi connectivity index (χ2n) is 3.31. The van der Waals surface area contributed by atoms with Gasteiger partial charge in [-0.1, -0.05) is 16.8 Å². The lowest BCUT2D eigenvalue weighted by Crippen LogP contribution is -2.02. The molecule has 0 aliphatic carbocycles. The number of hydrogen-bond acceptors (Lipinski definition) is 4. The quantitative estimate of drug-likeness (QED) is 0.816. The largest absolute Gasteiger partial charge is 0.496 e. The van der Waals surface area contributed by atoms with Gasteiger partial charge in [-0.25, -0.2) is 0 Å². The van der Waals surface area contributed by atoms with E-state index in [2.05, 4.69) is 5.16 Å². The highest BCUT2D eigenvalue weighted by atomic mass is 35.5. The first-order chi connectivity index (χ1) is 7.76. The lowest BCUT2D eigenvalue weighted by atomic mass is 10.1. The van der Waals surface area contributed by atoms with Gasteiger partial charge in [0.2, 0.25) is 0 Å². The summed E-state index contributed by atoms with van der Waals surface area (Å²) in [5.41, 5.74) is 1.70. The summed E-state index contributed by atoms with van der Waals surface area (Å²) in [5, 5.41) is 4.48. The topological polar surface area (TPSA) is 40.0 Å². The summed E-state index contributed by atoms with van der Waals surface area (Å²) in [6, 6.07) is 3.53. The summed E-state index contributed by atoms with van der Waals surface area (Å²) in [6.45, 7) is 0.599. The molecule has 1 heterocycles. The number of oxime groups is 1. The van der Waals surface area contributed by atoms with Gasteiger partial charge in [0.25, 0.3) is 0 Å². The van der Waals surface area contributed by atoms with E-state index in [9.17, 15) is 0 Å². The van der Waals surface area contributed by atoms with Crippen LogP contribution in [-0.2, 0) is 4.84 Å². The van der Waals surface area contributed by atoms with Crippen molar-refractivity contribution in [3.63, 3.8) is 0 Å². The van der Waals surface area contributed by atoms with Gasteiger partial charge in [-0.3, -0.25) is 0 Å². The molecular weight excluding hydrogens is 230 g/mol. The van der Waals surface area contributed by atoms with E-state index >= 15 is 0 Å². The van der Waals surface area contributed by atoms with Crippen LogP contribution in [0.2, 0.25) is 5.02 Å². The van der Waals surface area contributed by atoms with E-state index < -0.39 is 0 Å². The predicted molar refractivity (Wildman–Crippen MR) is 61.7 cm³/mol. The fourth-order valence-corrected chi connectivity index (χ4v) is 1.82. The Bertz CT molecular complexity index is 431. The molecule has 1 aromatic rings. The molecule has 86 valence electrons. The van der Waals surface area contributed by atoms with Crippen LogP contribution < -0.4 is 9.47 Å². The zero-order chi connectivity index (χ0) is 11.5. The summed E-state index contributed by atoms with van der Waals surface area (Å²) in [6.07, 6.45) is 0.763. The minimum atomic E-state index is 0.535. The first-order valence-corrected chi connectivity index (χ1v) is 5.24. The number of ether oxygens (including phenoxy) is 2. The lowest BCUT2D eigenvalue weighted by molar-refractivity contribution is 0.174. The maximum atomic E-state index is 6.06. The second kappa shape index (κ2) is 4.61. The Morgan fingerprint density at radius 2 is 2.00 bits per heavy atom. The van der Waals surface area contributed by atoms with Gasteiger partial charge in [0, 0.05) is 18.1 Å². The van der Waals surface area contributed by atoms with Crippen molar-refractivity contribution in [3.8, 4) is 11.5 Å². The first kappa shape index (κ1) is 11.1. The van der Waals surface area contributed by atoms with Gasteiger partial charge in [0.15, 0.2) is 0 Å². The standard InChI is InChI=1S/C11H12ClNO3/c1-14-10-6-11(15-2)8(12)5-7(10)9-3-4-16-13-9/h5-6H,3-4H2,1-2H3. The van der Waals surface area contributed by atoms with Crippen molar-refractivity contribution < 1.29 is 14.3 Å². The van der Waals surface area contributed by atoms with Crippen LogP contribution in [0.5, 0.6) is 11.5 Å². The maximum absolute atomic E-state index is 6.06. The lowest BCUT2D eigenvalue weighted by Gasteiger charge is -2.10. The molecule has 0 amide bonds. The summed E-state index contributed by atoms with van der Waals surface area (Å²) in [7, 11) is 3.17. The van der Waals surface area contributed by atoms with Gasteiger partial charge in [-0.2, -0.15) is 0 Å². The van der Waals surface area contributed by atoms with Crippen molar-refractivity contribution in [3.05, 3.63) is 22.7 Å². The molecular formula is C11H12ClNO3. The zero-order valence-electron chi connectivity index (χ0n) is 9.12. The van der Waals surface area contributed by atoms with E-state index in [1.165, 1.54) is 0 Å². The molecule has 16 heavy (non-hydrogen) atoms. The van der Waals surface area contributed by atoms with Crippen LogP contribution in [0.25, 0.3) is 0 Å². The number of rotatable bonds is 3. The number of nitrogens with zero attached hydrogens (tertiary/aromatic N) is 1. The minimum absolute atomic E-state index is 0.535. The fraction of sp³-hybridized carbons (Fsp3) is 0.364. The molecule has 0 aromatic heterocycles. The molecule has 0 N–H and O–H groups in total. The summed E-state index contributed by atoms with van der Waals surface area (Å²) in [4.78, 5) is 4.97. The molecule has 1 aromatic carbocycles. The van der Waals surface area contributed by atoms with Gasteiger partial charge in [0.1, 0.15) is 18.1 Å². The van der Waals surface area contributed by atoms with Crippen LogP contribution in [0.4, 0.5) is 0 Å². The monoisotopic (exact) mass is 241 g/mol.